The number of hydrogen-bond acceptors (Lipinski definition) is 7. The van der Waals surface area contributed by atoms with Crippen molar-refractivity contribution in [1.29, 1.82) is 5.26 Å². The van der Waals surface area contributed by atoms with E-state index in [0.29, 0.717) is 0 Å². The number of benzene rings is 1. The lowest BCUT2D eigenvalue weighted by Crippen LogP contribution is -2.11. The number of nitriles is 1. The predicted octanol–water partition coefficient (Wildman–Crippen LogP) is 1.43. The molecule has 0 saturated heterocycles. The molecule has 1 N–H and O–H groups in total. The summed E-state index contributed by atoms with van der Waals surface area (Å²) in [5.74, 6) is 0. The van der Waals surface area contributed by atoms with E-state index in [0.717, 1.165) is 12.1 Å². The topological polar surface area (TPSA) is 131 Å². The minimum absolute atomic E-state index is 0.143. The Kier molecular flexibility index (Phi) is 4.73. The number of nitrogens with zero attached hydrogens (tertiary/aromatic N) is 3. The van der Waals surface area contributed by atoms with Crippen molar-refractivity contribution in [1.82, 2.24) is 0 Å². The zero-order valence-corrected chi connectivity index (χ0v) is 9.95. The first-order chi connectivity index (χ1) is 9.01. The molecule has 0 radical (unpaired) electrons. The normalized spacial score (nSPS) is 9.68. The van der Waals surface area contributed by atoms with E-state index in [-0.39, 0.29) is 24.4 Å². The molecule has 0 fully saturated rings. The highest BCUT2D eigenvalue weighted by Gasteiger charge is 2.26. The van der Waals surface area contributed by atoms with Crippen molar-refractivity contribution >= 4 is 17.1 Å². The summed E-state index contributed by atoms with van der Waals surface area (Å²) < 4.78 is 4.75. The molecule has 1 aromatic carbocycles. The number of nitro benzene ring substituents is 2. The van der Waals surface area contributed by atoms with Crippen molar-refractivity contribution in [2.45, 2.75) is 0 Å². The second kappa shape index (κ2) is 6.27. The van der Waals surface area contributed by atoms with E-state index in [1.165, 1.54) is 7.11 Å². The Balaban J connectivity index is 3.33. The van der Waals surface area contributed by atoms with Gasteiger partial charge in [0, 0.05) is 25.8 Å². The molecule has 0 aliphatic rings. The average molecular weight is 266 g/mol. The van der Waals surface area contributed by atoms with Crippen LogP contribution in [0.4, 0.5) is 17.1 Å². The van der Waals surface area contributed by atoms with Crippen molar-refractivity contribution in [2.24, 2.45) is 0 Å². The minimum Gasteiger partial charge on any atom is -0.383 e. The molecule has 0 aliphatic heterocycles. The Morgan fingerprint density at radius 3 is 2.21 bits per heavy atom. The molecule has 100 valence electrons. The van der Waals surface area contributed by atoms with Crippen molar-refractivity contribution in [3.05, 3.63) is 37.9 Å². The van der Waals surface area contributed by atoms with Gasteiger partial charge in [0.25, 0.3) is 0 Å². The summed E-state index contributed by atoms with van der Waals surface area (Å²) in [5.41, 5.74) is -1.40. The quantitative estimate of drug-likeness (QED) is 0.468. The van der Waals surface area contributed by atoms with E-state index in [1.807, 2.05) is 0 Å². The Labute approximate surface area is 107 Å². The maximum absolute atomic E-state index is 10.9. The molecule has 0 aliphatic carbocycles. The summed E-state index contributed by atoms with van der Waals surface area (Å²) in [7, 11) is 1.43. The van der Waals surface area contributed by atoms with Crippen LogP contribution in [0.1, 0.15) is 5.56 Å². The van der Waals surface area contributed by atoms with Gasteiger partial charge in [0.2, 0.25) is 0 Å². The zero-order valence-electron chi connectivity index (χ0n) is 9.95. The van der Waals surface area contributed by atoms with E-state index in [1.54, 1.807) is 6.07 Å². The average Bonchev–Trinajstić information content (AvgIpc) is 2.38. The van der Waals surface area contributed by atoms with E-state index in [4.69, 9.17) is 10.00 Å². The fraction of sp³-hybridized carbons (Fsp3) is 0.300. The fourth-order valence-corrected chi connectivity index (χ4v) is 1.42. The number of rotatable bonds is 6. The highest BCUT2D eigenvalue weighted by Crippen LogP contribution is 2.35. The maximum atomic E-state index is 10.9. The number of nitro groups is 2. The van der Waals surface area contributed by atoms with Gasteiger partial charge in [-0.05, 0) is 0 Å². The van der Waals surface area contributed by atoms with Gasteiger partial charge in [0.1, 0.15) is 0 Å². The number of methoxy groups -OCH3 is 1. The lowest BCUT2D eigenvalue weighted by Gasteiger charge is -2.07. The molecular formula is C10H10N4O5. The van der Waals surface area contributed by atoms with Crippen molar-refractivity contribution < 1.29 is 14.6 Å². The van der Waals surface area contributed by atoms with Crippen LogP contribution in [0.15, 0.2) is 12.1 Å². The molecule has 0 unspecified atom stereocenters. The van der Waals surface area contributed by atoms with E-state index < -0.39 is 21.2 Å². The largest absolute Gasteiger partial charge is 0.383 e. The van der Waals surface area contributed by atoms with Gasteiger partial charge in [-0.2, -0.15) is 5.26 Å². The first-order valence-electron chi connectivity index (χ1n) is 5.11. The zero-order chi connectivity index (χ0) is 14.4. The van der Waals surface area contributed by atoms with Gasteiger partial charge in [0.15, 0.2) is 5.69 Å². The summed E-state index contributed by atoms with van der Waals surface area (Å²) in [6, 6.07) is 3.63. The fourth-order valence-electron chi connectivity index (χ4n) is 1.42. The summed E-state index contributed by atoms with van der Waals surface area (Å²) in [6.45, 7) is 0.401. The summed E-state index contributed by atoms with van der Waals surface area (Å²) >= 11 is 0. The van der Waals surface area contributed by atoms with Gasteiger partial charge in [-0.25, -0.2) is 0 Å². The summed E-state index contributed by atoms with van der Waals surface area (Å²) in [5, 5.41) is 33.1. The third-order valence-electron chi connectivity index (χ3n) is 2.23. The first-order valence-corrected chi connectivity index (χ1v) is 5.11. The van der Waals surface area contributed by atoms with Crippen LogP contribution in [0.5, 0.6) is 0 Å². The Morgan fingerprint density at radius 2 is 1.84 bits per heavy atom. The molecule has 0 spiro atoms. The summed E-state index contributed by atoms with van der Waals surface area (Å²) in [4.78, 5) is 20.2. The van der Waals surface area contributed by atoms with Gasteiger partial charge in [0.05, 0.1) is 28.1 Å². The third-order valence-corrected chi connectivity index (χ3v) is 2.23. The monoisotopic (exact) mass is 266 g/mol. The molecule has 9 heteroatoms. The van der Waals surface area contributed by atoms with Crippen LogP contribution in [0.25, 0.3) is 0 Å². The highest BCUT2D eigenvalue weighted by molar-refractivity contribution is 5.75. The molecule has 0 atom stereocenters. The third kappa shape index (κ3) is 3.36. The Bertz CT molecular complexity index is 516. The van der Waals surface area contributed by atoms with Crippen LogP contribution < -0.4 is 5.32 Å². The second-order valence-corrected chi connectivity index (χ2v) is 3.44. The molecule has 9 nitrogen and oxygen atoms in total. The van der Waals surface area contributed by atoms with Crippen LogP contribution in [-0.2, 0) is 4.74 Å². The predicted molar refractivity (Wildman–Crippen MR) is 64.8 cm³/mol. The van der Waals surface area contributed by atoms with Crippen LogP contribution in [0.3, 0.4) is 0 Å². The second-order valence-electron chi connectivity index (χ2n) is 3.44. The highest BCUT2D eigenvalue weighted by atomic mass is 16.6. The van der Waals surface area contributed by atoms with Gasteiger partial charge in [-0.3, -0.25) is 20.2 Å². The van der Waals surface area contributed by atoms with E-state index >= 15 is 0 Å². The van der Waals surface area contributed by atoms with Crippen molar-refractivity contribution in [3.8, 4) is 6.07 Å². The minimum atomic E-state index is -0.775. The molecular weight excluding hydrogens is 256 g/mol. The van der Waals surface area contributed by atoms with Gasteiger partial charge < -0.3 is 10.1 Å². The Morgan fingerprint density at radius 1 is 1.32 bits per heavy atom. The molecule has 1 aromatic rings. The molecule has 0 saturated carbocycles. The van der Waals surface area contributed by atoms with Crippen molar-refractivity contribution in [3.63, 3.8) is 0 Å². The Hall–Kier alpha value is -2.73. The van der Waals surface area contributed by atoms with Crippen molar-refractivity contribution in [2.75, 3.05) is 25.6 Å². The lowest BCUT2D eigenvalue weighted by molar-refractivity contribution is -0.392. The van der Waals surface area contributed by atoms with Gasteiger partial charge in [-0.15, -0.1) is 0 Å². The molecule has 0 heterocycles. The van der Waals surface area contributed by atoms with Gasteiger partial charge in [-0.1, -0.05) is 0 Å². The molecule has 0 amide bonds. The number of ether oxygens (including phenoxy) is 1. The molecule has 0 aromatic heterocycles. The molecule has 1 rings (SSSR count). The lowest BCUT2D eigenvalue weighted by atomic mass is 10.1. The first kappa shape index (κ1) is 14.3. The smallest absolute Gasteiger partial charge is 0.300 e. The van der Waals surface area contributed by atoms with E-state index in [9.17, 15) is 20.2 Å². The summed E-state index contributed by atoms with van der Waals surface area (Å²) in [6.07, 6.45) is 0. The SMILES string of the molecule is COCCNc1c([N+](=O)[O-])cc(C#N)cc1[N+](=O)[O-]. The number of nitrogens with one attached hydrogen (secondary N) is 1. The van der Waals surface area contributed by atoms with Gasteiger partial charge >= 0.3 is 11.4 Å². The molecule has 19 heavy (non-hydrogen) atoms. The standard InChI is InChI=1S/C10H10N4O5/c1-19-3-2-12-10-8(13(15)16)4-7(6-11)5-9(10)14(17)18/h4-5,12H,2-3H2,1H3. The van der Waals surface area contributed by atoms with Crippen LogP contribution in [-0.4, -0.2) is 30.1 Å². The number of hydrogen-bond donors (Lipinski definition) is 1. The van der Waals surface area contributed by atoms with E-state index in [2.05, 4.69) is 5.32 Å². The maximum Gasteiger partial charge on any atom is 0.300 e. The van der Waals surface area contributed by atoms with Crippen LogP contribution in [0.2, 0.25) is 0 Å². The van der Waals surface area contributed by atoms with Crippen LogP contribution >= 0.6 is 0 Å². The number of anilines is 1. The van der Waals surface area contributed by atoms with Crippen LogP contribution in [0, 0.1) is 31.6 Å². The molecule has 0 bridgehead atoms.